The van der Waals surface area contributed by atoms with Crippen molar-refractivity contribution in [3.63, 3.8) is 0 Å². The van der Waals surface area contributed by atoms with Crippen LogP contribution >= 0.6 is 22.9 Å². The van der Waals surface area contributed by atoms with Crippen molar-refractivity contribution in [3.05, 3.63) is 57.4 Å². The largest absolute Gasteiger partial charge is 0.508 e. The highest BCUT2D eigenvalue weighted by atomic mass is 35.5. The highest BCUT2D eigenvalue weighted by Gasteiger charge is 2.13. The number of phenols is 1. The number of carboxylic acid groups (broad SMARTS) is 1. The van der Waals surface area contributed by atoms with Gasteiger partial charge in [0, 0.05) is 15.8 Å². The van der Waals surface area contributed by atoms with Crippen LogP contribution in [0.25, 0.3) is 10.1 Å². The van der Waals surface area contributed by atoms with E-state index < -0.39 is 5.97 Å². The second-order valence-corrected chi connectivity index (χ2v) is 6.75. The maximum Gasteiger partial charge on any atom is 0.307 e. The van der Waals surface area contributed by atoms with E-state index in [-0.39, 0.29) is 12.2 Å². The number of aryl methyl sites for hydroxylation is 1. The summed E-state index contributed by atoms with van der Waals surface area (Å²) in [4.78, 5) is 10.9. The van der Waals surface area contributed by atoms with Crippen LogP contribution in [-0.4, -0.2) is 16.2 Å². The van der Waals surface area contributed by atoms with E-state index in [1.807, 2.05) is 24.4 Å². The molecule has 2 N–H and O–H groups in total. The van der Waals surface area contributed by atoms with Crippen LogP contribution in [0.15, 0.2) is 35.7 Å². The third kappa shape index (κ3) is 3.32. The third-order valence-electron chi connectivity index (χ3n) is 3.78. The van der Waals surface area contributed by atoms with Crippen LogP contribution in [0.2, 0.25) is 5.02 Å². The molecule has 0 saturated carbocycles. The smallest absolute Gasteiger partial charge is 0.307 e. The first-order valence-electron chi connectivity index (χ1n) is 7.27. The zero-order chi connectivity index (χ0) is 17.3. The van der Waals surface area contributed by atoms with Crippen LogP contribution in [0.5, 0.6) is 11.5 Å². The summed E-state index contributed by atoms with van der Waals surface area (Å²) in [6.07, 6.45) is 0.0166. The first-order chi connectivity index (χ1) is 11.5. The minimum atomic E-state index is -0.838. The molecule has 0 atom stereocenters. The number of fused-ring (bicyclic) bond motifs is 1. The van der Waals surface area contributed by atoms with Crippen molar-refractivity contribution < 1.29 is 19.7 Å². The quantitative estimate of drug-likeness (QED) is 0.685. The molecule has 0 unspecified atom stereocenters. The number of aliphatic carboxylic acids is 1. The van der Waals surface area contributed by atoms with Gasteiger partial charge in [0.05, 0.1) is 11.4 Å². The summed E-state index contributed by atoms with van der Waals surface area (Å²) in [7, 11) is 0. The molecule has 0 saturated heterocycles. The molecular weight excluding hydrogens is 348 g/mol. The normalized spacial score (nSPS) is 10.9. The molecule has 6 heteroatoms. The van der Waals surface area contributed by atoms with Gasteiger partial charge in [0.1, 0.15) is 18.1 Å². The molecule has 0 aliphatic heterocycles. The lowest BCUT2D eigenvalue weighted by atomic mass is 10.1. The molecule has 24 heavy (non-hydrogen) atoms. The third-order valence-corrected chi connectivity index (χ3v) is 5.30. The molecule has 0 amide bonds. The van der Waals surface area contributed by atoms with Crippen LogP contribution in [0, 0.1) is 6.92 Å². The van der Waals surface area contributed by atoms with Crippen molar-refractivity contribution in [2.75, 3.05) is 0 Å². The summed E-state index contributed by atoms with van der Waals surface area (Å²) in [5.41, 5.74) is 2.58. The summed E-state index contributed by atoms with van der Waals surface area (Å²) in [6.45, 7) is 2.25. The van der Waals surface area contributed by atoms with Gasteiger partial charge in [-0.25, -0.2) is 0 Å². The van der Waals surface area contributed by atoms with E-state index in [0.717, 1.165) is 32.5 Å². The number of thiophene rings is 1. The summed E-state index contributed by atoms with van der Waals surface area (Å²) in [5.74, 6) is 0.0101. The Morgan fingerprint density at radius 3 is 2.75 bits per heavy atom. The highest BCUT2D eigenvalue weighted by molar-refractivity contribution is 7.17. The van der Waals surface area contributed by atoms with E-state index >= 15 is 0 Å². The van der Waals surface area contributed by atoms with Gasteiger partial charge >= 0.3 is 5.97 Å². The van der Waals surface area contributed by atoms with Crippen molar-refractivity contribution in [1.82, 2.24) is 0 Å². The Labute approximate surface area is 147 Å². The van der Waals surface area contributed by atoms with Gasteiger partial charge in [0.15, 0.2) is 0 Å². The number of halogens is 1. The number of carboxylic acids is 1. The first kappa shape index (κ1) is 16.6. The van der Waals surface area contributed by atoms with Crippen molar-refractivity contribution in [2.24, 2.45) is 0 Å². The van der Waals surface area contributed by atoms with Crippen LogP contribution in [-0.2, 0) is 17.8 Å². The number of hydrogen-bond donors (Lipinski definition) is 2. The topological polar surface area (TPSA) is 66.8 Å². The molecule has 1 aromatic heterocycles. The molecule has 3 rings (SSSR count). The lowest BCUT2D eigenvalue weighted by Crippen LogP contribution is -1.99. The van der Waals surface area contributed by atoms with Gasteiger partial charge in [0.2, 0.25) is 0 Å². The predicted octanol–water partition coefficient (Wildman–Crippen LogP) is 4.77. The van der Waals surface area contributed by atoms with Crippen LogP contribution < -0.4 is 4.74 Å². The zero-order valence-electron chi connectivity index (χ0n) is 12.9. The number of rotatable bonds is 5. The molecule has 0 fully saturated rings. The van der Waals surface area contributed by atoms with Gasteiger partial charge in [-0.3, -0.25) is 4.79 Å². The van der Waals surface area contributed by atoms with E-state index in [0.29, 0.717) is 11.6 Å². The maximum atomic E-state index is 10.9. The average Bonchev–Trinajstić information content (AvgIpc) is 2.91. The van der Waals surface area contributed by atoms with E-state index in [9.17, 15) is 9.90 Å². The highest BCUT2D eigenvalue weighted by Crippen LogP contribution is 2.35. The standard InChI is InChI=1S/C18H15ClO4S/c1-10-16(23-8-11-2-3-13(20)7-15(11)19)5-4-14-12(6-17(21)22)9-24-18(10)14/h2-5,7,9,20H,6,8H2,1H3,(H,21,22). The molecule has 0 spiro atoms. The van der Waals surface area contributed by atoms with E-state index in [2.05, 4.69) is 0 Å². The van der Waals surface area contributed by atoms with Gasteiger partial charge in [0.25, 0.3) is 0 Å². The second-order valence-electron chi connectivity index (χ2n) is 5.46. The predicted molar refractivity (Wildman–Crippen MR) is 95.4 cm³/mol. The average molecular weight is 363 g/mol. The molecule has 2 aromatic carbocycles. The van der Waals surface area contributed by atoms with Gasteiger partial charge in [-0.15, -0.1) is 11.3 Å². The maximum absolute atomic E-state index is 10.9. The number of ether oxygens (including phenoxy) is 1. The van der Waals surface area contributed by atoms with Crippen molar-refractivity contribution in [2.45, 2.75) is 20.0 Å². The summed E-state index contributed by atoms with van der Waals surface area (Å²) in [5, 5.41) is 21.6. The molecule has 4 nitrogen and oxygen atoms in total. The Hall–Kier alpha value is -2.24. The number of hydrogen-bond acceptors (Lipinski definition) is 4. The molecule has 124 valence electrons. The van der Waals surface area contributed by atoms with Gasteiger partial charge in [-0.2, -0.15) is 0 Å². The Morgan fingerprint density at radius 1 is 1.25 bits per heavy atom. The molecule has 0 radical (unpaired) electrons. The van der Waals surface area contributed by atoms with Crippen molar-refractivity contribution >= 4 is 39.0 Å². The number of benzene rings is 2. The van der Waals surface area contributed by atoms with Crippen LogP contribution in [0.3, 0.4) is 0 Å². The minimum absolute atomic E-state index is 0.0166. The van der Waals surface area contributed by atoms with Crippen molar-refractivity contribution in [1.29, 1.82) is 0 Å². The Kier molecular flexibility index (Phi) is 4.64. The zero-order valence-corrected chi connectivity index (χ0v) is 14.4. The Bertz CT molecular complexity index is 917. The van der Waals surface area contributed by atoms with E-state index in [1.165, 1.54) is 17.4 Å². The summed E-state index contributed by atoms with van der Waals surface area (Å²) < 4.78 is 6.89. The van der Waals surface area contributed by atoms with E-state index in [1.54, 1.807) is 12.1 Å². The van der Waals surface area contributed by atoms with Crippen molar-refractivity contribution in [3.8, 4) is 11.5 Å². The SMILES string of the molecule is Cc1c(OCc2ccc(O)cc2Cl)ccc2c(CC(=O)O)csc12. The number of phenolic OH excluding ortho intramolecular Hbond substituents is 1. The number of aromatic hydroxyl groups is 1. The van der Waals surface area contributed by atoms with Gasteiger partial charge < -0.3 is 14.9 Å². The van der Waals surface area contributed by atoms with Crippen LogP contribution in [0.4, 0.5) is 0 Å². The molecule has 0 aliphatic rings. The lowest BCUT2D eigenvalue weighted by molar-refractivity contribution is -0.136. The second kappa shape index (κ2) is 6.71. The molecular formula is C18H15ClO4S. The Morgan fingerprint density at radius 2 is 2.04 bits per heavy atom. The molecule has 1 heterocycles. The van der Waals surface area contributed by atoms with Gasteiger partial charge in [-0.1, -0.05) is 17.7 Å². The molecule has 0 aliphatic carbocycles. The fraction of sp³-hybridized carbons (Fsp3) is 0.167. The fourth-order valence-corrected chi connectivity index (χ4v) is 3.84. The summed E-state index contributed by atoms with van der Waals surface area (Å²) >= 11 is 7.61. The molecule has 3 aromatic rings. The molecule has 0 bridgehead atoms. The van der Waals surface area contributed by atoms with Crippen LogP contribution in [0.1, 0.15) is 16.7 Å². The first-order valence-corrected chi connectivity index (χ1v) is 8.53. The monoisotopic (exact) mass is 362 g/mol. The van der Waals surface area contributed by atoms with Gasteiger partial charge in [-0.05, 0) is 47.5 Å². The minimum Gasteiger partial charge on any atom is -0.508 e. The number of carbonyl (C=O) groups is 1. The van der Waals surface area contributed by atoms with E-state index in [4.69, 9.17) is 21.4 Å². The lowest BCUT2D eigenvalue weighted by Gasteiger charge is -2.11. The fourth-order valence-electron chi connectivity index (χ4n) is 2.54. The summed E-state index contributed by atoms with van der Waals surface area (Å²) in [6, 6.07) is 8.52. The Balaban J connectivity index is 1.85.